The molecule has 1 atom stereocenters. The zero-order valence-corrected chi connectivity index (χ0v) is 25.1. The molecule has 43 heavy (non-hydrogen) atoms. The molecule has 4 aromatic rings. The summed E-state index contributed by atoms with van der Waals surface area (Å²) in [4.78, 5) is 29.5. The summed E-state index contributed by atoms with van der Waals surface area (Å²) >= 11 is 0. The predicted octanol–water partition coefficient (Wildman–Crippen LogP) is 5.64. The lowest BCUT2D eigenvalue weighted by molar-refractivity contribution is -0.141. The van der Waals surface area contributed by atoms with E-state index in [9.17, 15) is 9.59 Å². The first-order valence-corrected chi connectivity index (χ1v) is 14.5. The molecule has 0 aliphatic carbocycles. The quantitative estimate of drug-likeness (QED) is 0.197. The van der Waals surface area contributed by atoms with Crippen LogP contribution in [0.1, 0.15) is 28.7 Å². The normalized spacial score (nSPS) is 11.3. The number of nitrogens with zero attached hydrogens (tertiary/aromatic N) is 1. The number of amides is 2. The second-order valence-corrected chi connectivity index (χ2v) is 10.3. The van der Waals surface area contributed by atoms with Crippen LogP contribution in [0, 0.1) is 0 Å². The van der Waals surface area contributed by atoms with E-state index in [1.54, 1.807) is 26.2 Å². The van der Waals surface area contributed by atoms with Gasteiger partial charge in [0.25, 0.3) is 0 Å². The lowest BCUT2D eigenvalue weighted by atomic mass is 10.0. The Labute approximate surface area is 254 Å². The minimum Gasteiger partial charge on any atom is -0.497 e. The molecule has 0 aliphatic rings. The van der Waals surface area contributed by atoms with Crippen molar-refractivity contribution in [2.24, 2.45) is 0 Å². The first kappa shape index (κ1) is 31.2. The molecular weight excluding hydrogens is 540 g/mol. The fourth-order valence-corrected chi connectivity index (χ4v) is 5.01. The van der Waals surface area contributed by atoms with Crippen LogP contribution in [0.15, 0.2) is 103 Å². The van der Waals surface area contributed by atoms with E-state index in [4.69, 9.17) is 14.2 Å². The third kappa shape index (κ3) is 9.10. The molecule has 0 bridgehead atoms. The lowest BCUT2D eigenvalue weighted by Gasteiger charge is -2.32. The number of benzene rings is 4. The van der Waals surface area contributed by atoms with Crippen LogP contribution < -0.4 is 19.5 Å². The molecule has 0 heterocycles. The Morgan fingerprint density at radius 1 is 0.674 bits per heavy atom. The van der Waals surface area contributed by atoms with E-state index in [2.05, 4.69) is 5.32 Å². The van der Waals surface area contributed by atoms with Crippen LogP contribution in [-0.4, -0.2) is 50.6 Å². The number of carbonyl (C=O) groups is 2. The zero-order chi connectivity index (χ0) is 30.4. The van der Waals surface area contributed by atoms with Gasteiger partial charge in [-0.3, -0.25) is 9.59 Å². The summed E-state index contributed by atoms with van der Waals surface area (Å²) in [5.41, 5.74) is 3.99. The van der Waals surface area contributed by atoms with E-state index in [-0.39, 0.29) is 11.8 Å². The van der Waals surface area contributed by atoms with Crippen molar-refractivity contribution < 1.29 is 23.8 Å². The van der Waals surface area contributed by atoms with E-state index in [0.29, 0.717) is 50.3 Å². The Morgan fingerprint density at radius 3 is 1.93 bits per heavy atom. The summed E-state index contributed by atoms with van der Waals surface area (Å²) in [5.74, 6) is 1.77. The number of ether oxygens (including phenoxy) is 3. The molecule has 1 N–H and O–H groups in total. The first-order valence-electron chi connectivity index (χ1n) is 14.5. The summed E-state index contributed by atoms with van der Waals surface area (Å²) in [5, 5.41) is 3.11. The van der Waals surface area contributed by atoms with Crippen molar-refractivity contribution in [1.82, 2.24) is 10.2 Å². The van der Waals surface area contributed by atoms with Crippen molar-refractivity contribution in [2.45, 2.75) is 38.3 Å². The second-order valence-electron chi connectivity index (χ2n) is 10.3. The summed E-state index contributed by atoms with van der Waals surface area (Å²) in [6.07, 6.45) is 1.89. The first-order chi connectivity index (χ1) is 21.0. The van der Waals surface area contributed by atoms with Crippen molar-refractivity contribution >= 4 is 11.8 Å². The van der Waals surface area contributed by atoms with E-state index < -0.39 is 6.04 Å². The number of rotatable bonds is 15. The van der Waals surface area contributed by atoms with Gasteiger partial charge in [-0.1, -0.05) is 78.9 Å². The highest BCUT2D eigenvalue weighted by atomic mass is 16.5. The third-order valence-corrected chi connectivity index (χ3v) is 7.41. The molecule has 4 rings (SSSR count). The van der Waals surface area contributed by atoms with Crippen LogP contribution >= 0.6 is 0 Å². The smallest absolute Gasteiger partial charge is 0.243 e. The Morgan fingerprint density at radius 2 is 1.30 bits per heavy atom. The van der Waals surface area contributed by atoms with Crippen molar-refractivity contribution in [3.63, 3.8) is 0 Å². The highest BCUT2D eigenvalue weighted by Crippen LogP contribution is 2.27. The molecule has 0 radical (unpaired) electrons. The van der Waals surface area contributed by atoms with E-state index >= 15 is 0 Å². The van der Waals surface area contributed by atoms with Gasteiger partial charge in [0.2, 0.25) is 11.8 Å². The Bertz CT molecular complexity index is 1440. The van der Waals surface area contributed by atoms with Crippen molar-refractivity contribution in [1.29, 1.82) is 0 Å². The molecule has 7 nitrogen and oxygen atoms in total. The van der Waals surface area contributed by atoms with Crippen molar-refractivity contribution in [3.8, 4) is 17.2 Å². The molecule has 0 fully saturated rings. The van der Waals surface area contributed by atoms with Gasteiger partial charge < -0.3 is 24.4 Å². The Balaban J connectivity index is 1.56. The maximum atomic E-state index is 13.9. The maximum absolute atomic E-state index is 13.9. The molecule has 1 unspecified atom stereocenters. The number of hydrogen-bond donors (Lipinski definition) is 1. The van der Waals surface area contributed by atoms with Gasteiger partial charge >= 0.3 is 0 Å². The number of methoxy groups -OCH3 is 3. The maximum Gasteiger partial charge on any atom is 0.243 e. The van der Waals surface area contributed by atoms with E-state index in [1.165, 1.54) is 0 Å². The topological polar surface area (TPSA) is 77.1 Å². The number of carbonyl (C=O) groups excluding carboxylic acids is 2. The summed E-state index contributed by atoms with van der Waals surface area (Å²) in [6.45, 7) is 0.715. The van der Waals surface area contributed by atoms with Gasteiger partial charge in [-0.05, 0) is 59.4 Å². The molecule has 224 valence electrons. The third-order valence-electron chi connectivity index (χ3n) is 7.41. The van der Waals surface area contributed by atoms with Gasteiger partial charge in [0.05, 0.1) is 21.3 Å². The number of aryl methyl sites for hydroxylation is 1. The van der Waals surface area contributed by atoms with Crippen molar-refractivity contribution in [2.75, 3.05) is 27.9 Å². The standard InChI is InChI=1S/C36H40N2O5/c1-41-31-18-14-30(15-19-31)26-38(35(39)21-17-27-10-6-4-7-11-27)32(24-28-12-8-5-9-13-28)36(40)37-23-22-29-16-20-33(42-2)34(25-29)43-3/h4-16,18-20,25,32H,17,21-24,26H2,1-3H3,(H,37,40). The van der Waals surface area contributed by atoms with Gasteiger partial charge in [-0.2, -0.15) is 0 Å². The Kier molecular flexibility index (Phi) is 11.6. The predicted molar refractivity (Wildman–Crippen MR) is 169 cm³/mol. The molecule has 0 aliphatic heterocycles. The van der Waals surface area contributed by atoms with Gasteiger partial charge in [0.15, 0.2) is 11.5 Å². The SMILES string of the molecule is COc1ccc(CN(C(=O)CCc2ccccc2)C(Cc2ccccc2)C(=O)NCCc2ccc(OC)c(OC)c2)cc1. The van der Waals surface area contributed by atoms with Gasteiger partial charge in [-0.15, -0.1) is 0 Å². The number of hydrogen-bond acceptors (Lipinski definition) is 5. The molecule has 7 heteroatoms. The van der Waals surface area contributed by atoms with Gasteiger partial charge in [0, 0.05) is 25.9 Å². The fourth-order valence-electron chi connectivity index (χ4n) is 5.01. The fraction of sp³-hybridized carbons (Fsp3) is 0.278. The van der Waals surface area contributed by atoms with Gasteiger partial charge in [-0.25, -0.2) is 0 Å². The highest BCUT2D eigenvalue weighted by Gasteiger charge is 2.30. The molecule has 0 spiro atoms. The minimum absolute atomic E-state index is 0.0735. The molecule has 2 amide bonds. The summed E-state index contributed by atoms with van der Waals surface area (Å²) in [7, 11) is 4.82. The lowest BCUT2D eigenvalue weighted by Crippen LogP contribution is -2.50. The number of nitrogens with one attached hydrogen (secondary N) is 1. The molecule has 0 aromatic heterocycles. The molecule has 4 aromatic carbocycles. The summed E-state index contributed by atoms with van der Waals surface area (Å²) in [6, 6.07) is 32.4. The average molecular weight is 581 g/mol. The van der Waals surface area contributed by atoms with Crippen LogP contribution in [0.3, 0.4) is 0 Å². The Hall–Kier alpha value is -4.78. The van der Waals surface area contributed by atoms with Crippen molar-refractivity contribution in [3.05, 3.63) is 125 Å². The zero-order valence-electron chi connectivity index (χ0n) is 25.1. The van der Waals surface area contributed by atoms with Gasteiger partial charge in [0.1, 0.15) is 11.8 Å². The van der Waals surface area contributed by atoms with Crippen LogP contribution in [0.5, 0.6) is 17.2 Å². The van der Waals surface area contributed by atoms with E-state index in [0.717, 1.165) is 28.0 Å². The highest BCUT2D eigenvalue weighted by molar-refractivity contribution is 5.88. The van der Waals surface area contributed by atoms with Crippen LogP contribution in [0.25, 0.3) is 0 Å². The average Bonchev–Trinajstić information content (AvgIpc) is 3.06. The second kappa shape index (κ2) is 16.0. The molecular formula is C36H40N2O5. The van der Waals surface area contributed by atoms with Crippen LogP contribution in [0.2, 0.25) is 0 Å². The van der Waals surface area contributed by atoms with Crippen LogP contribution in [-0.2, 0) is 35.4 Å². The minimum atomic E-state index is -0.696. The van der Waals surface area contributed by atoms with Crippen LogP contribution in [0.4, 0.5) is 0 Å². The molecule has 0 saturated carbocycles. The summed E-state index contributed by atoms with van der Waals surface area (Å²) < 4.78 is 16.1. The largest absolute Gasteiger partial charge is 0.497 e. The van der Waals surface area contributed by atoms with E-state index in [1.807, 2.05) is 103 Å². The molecule has 0 saturated heterocycles. The monoisotopic (exact) mass is 580 g/mol.